The van der Waals surface area contributed by atoms with Gasteiger partial charge in [-0.3, -0.25) is 5.01 Å². The summed E-state index contributed by atoms with van der Waals surface area (Å²) in [5.41, 5.74) is 0.0266. The van der Waals surface area contributed by atoms with Crippen molar-refractivity contribution in [2.45, 2.75) is 82.4 Å². The normalized spacial score (nSPS) is 18.1. The zero-order valence-electron chi connectivity index (χ0n) is 20.3. The molecule has 0 aliphatic carbocycles. The number of nitrogens with zero attached hydrogens (tertiary/aromatic N) is 5. The van der Waals surface area contributed by atoms with Gasteiger partial charge in [0.2, 0.25) is 0 Å². The quantitative estimate of drug-likeness (QED) is 0.267. The molecule has 0 radical (unpaired) electrons. The Hall–Kier alpha value is -1.75. The summed E-state index contributed by atoms with van der Waals surface area (Å²) in [4.78, 5) is 3.51. The average molecular weight is 551 g/mol. The zero-order chi connectivity index (χ0) is 26.0. The van der Waals surface area contributed by atoms with Crippen molar-refractivity contribution >= 4 is 38.9 Å². The number of hydrazone groups is 1. The van der Waals surface area contributed by atoms with Crippen LogP contribution in [0, 0.1) is 0 Å². The minimum atomic E-state index is -4.74. The van der Waals surface area contributed by atoms with Crippen LogP contribution in [-0.2, 0) is 23.0 Å². The molecule has 1 atom stereocenters. The van der Waals surface area contributed by atoms with E-state index in [0.29, 0.717) is 6.42 Å². The third kappa shape index (κ3) is 5.98. The van der Waals surface area contributed by atoms with Gasteiger partial charge in [0.25, 0.3) is 10.0 Å². The largest absolute Gasteiger partial charge is 0.337 e. The Bertz CT molecular complexity index is 1130. The minimum Gasteiger partial charge on any atom is -0.337 e. The Morgan fingerprint density at radius 1 is 1.14 bits per heavy atom. The summed E-state index contributed by atoms with van der Waals surface area (Å²) >= 11 is 12.7. The van der Waals surface area contributed by atoms with Gasteiger partial charge in [0.1, 0.15) is 4.90 Å². The van der Waals surface area contributed by atoms with Crippen LogP contribution in [0.4, 0.5) is 8.78 Å². The second kappa shape index (κ2) is 11.1. The average Bonchev–Trinajstić information content (AvgIpc) is 3.32. The SMILES string of the molecule is CC1=NN(C)C(C)(C)C1N(C(F)F)S(=O)(=O)c1c(Cl)cc(CCCCCCn2ccnc2)cc1Cl. The maximum absolute atomic E-state index is 14.3. The van der Waals surface area contributed by atoms with E-state index in [1.54, 1.807) is 33.4 Å². The number of aryl methyl sites for hydroxylation is 2. The molecular formula is C23H31Cl2F2N5O2S. The lowest BCUT2D eigenvalue weighted by Gasteiger charge is -2.38. The molecule has 1 aromatic carbocycles. The second-order valence-electron chi connectivity index (χ2n) is 9.29. The molecule has 194 valence electrons. The number of imidazole rings is 1. The van der Waals surface area contributed by atoms with E-state index in [1.165, 1.54) is 24.1 Å². The van der Waals surface area contributed by atoms with Gasteiger partial charge in [-0.25, -0.2) is 13.4 Å². The van der Waals surface area contributed by atoms with Crippen LogP contribution in [0.1, 0.15) is 52.0 Å². The standard InChI is InChI=1S/C23H31Cl2F2N5O2S/c1-16-21(23(2,3)30(4)29-16)32(22(26)27)35(33,34)20-18(24)13-17(14-19(20)25)9-7-5-6-8-11-31-12-10-28-15-31/h10,12-15,21-22H,5-9,11H2,1-4H3. The van der Waals surface area contributed by atoms with Gasteiger partial charge >= 0.3 is 6.55 Å². The van der Waals surface area contributed by atoms with Crippen molar-refractivity contribution < 1.29 is 17.2 Å². The van der Waals surface area contributed by atoms with Crippen molar-refractivity contribution in [1.29, 1.82) is 0 Å². The second-order valence-corrected chi connectivity index (χ2v) is 11.9. The third-order valence-electron chi connectivity index (χ3n) is 6.44. The molecule has 2 aromatic rings. The first-order valence-electron chi connectivity index (χ1n) is 11.4. The van der Waals surface area contributed by atoms with Crippen molar-refractivity contribution in [2.24, 2.45) is 5.10 Å². The highest BCUT2D eigenvalue weighted by atomic mass is 35.5. The molecule has 0 N–H and O–H groups in total. The molecule has 0 fully saturated rings. The van der Waals surface area contributed by atoms with E-state index in [1.807, 2.05) is 10.8 Å². The van der Waals surface area contributed by atoms with Crippen LogP contribution in [-0.4, -0.2) is 58.2 Å². The molecule has 1 aromatic heterocycles. The lowest BCUT2D eigenvalue weighted by atomic mass is 9.93. The first kappa shape index (κ1) is 27.8. The van der Waals surface area contributed by atoms with Crippen molar-refractivity contribution in [3.8, 4) is 0 Å². The molecule has 3 rings (SSSR count). The number of likely N-dealkylation sites (N-methyl/N-ethyl adjacent to an activating group) is 1. The van der Waals surface area contributed by atoms with Crippen molar-refractivity contribution in [1.82, 2.24) is 18.9 Å². The summed E-state index contributed by atoms with van der Waals surface area (Å²) in [5.74, 6) is 0. The Balaban J connectivity index is 1.74. The highest BCUT2D eigenvalue weighted by Crippen LogP contribution is 2.39. The lowest BCUT2D eigenvalue weighted by molar-refractivity contribution is -0.00690. The van der Waals surface area contributed by atoms with Gasteiger partial charge in [-0.2, -0.15) is 13.9 Å². The predicted octanol–water partition coefficient (Wildman–Crippen LogP) is 5.67. The summed E-state index contributed by atoms with van der Waals surface area (Å²) in [6.45, 7) is 2.44. The van der Waals surface area contributed by atoms with Crippen LogP contribution in [0.2, 0.25) is 10.0 Å². The number of rotatable bonds is 11. The maximum atomic E-state index is 14.3. The van der Waals surface area contributed by atoms with Crippen LogP contribution >= 0.6 is 23.2 Å². The number of aromatic nitrogens is 2. The summed E-state index contributed by atoms with van der Waals surface area (Å²) in [5, 5.41) is 5.35. The summed E-state index contributed by atoms with van der Waals surface area (Å²) < 4.78 is 57.7. The van der Waals surface area contributed by atoms with E-state index in [9.17, 15) is 17.2 Å². The molecule has 12 heteroatoms. The van der Waals surface area contributed by atoms with E-state index < -0.39 is 33.0 Å². The van der Waals surface area contributed by atoms with E-state index in [-0.39, 0.29) is 20.1 Å². The number of sulfonamides is 1. The number of alkyl halides is 2. The molecule has 1 aliphatic heterocycles. The third-order valence-corrected chi connectivity index (χ3v) is 9.14. The van der Waals surface area contributed by atoms with Crippen molar-refractivity contribution in [3.63, 3.8) is 0 Å². The van der Waals surface area contributed by atoms with Gasteiger partial charge in [-0.05, 0) is 57.7 Å². The molecule has 2 heterocycles. The molecule has 0 amide bonds. The van der Waals surface area contributed by atoms with Gasteiger partial charge < -0.3 is 4.57 Å². The van der Waals surface area contributed by atoms with Crippen molar-refractivity contribution in [3.05, 3.63) is 46.5 Å². The van der Waals surface area contributed by atoms with Gasteiger partial charge in [0, 0.05) is 26.0 Å². The number of halogens is 4. The fourth-order valence-corrected chi connectivity index (χ4v) is 7.30. The number of unbranched alkanes of at least 4 members (excludes halogenated alkanes) is 3. The molecule has 7 nitrogen and oxygen atoms in total. The van der Waals surface area contributed by atoms with Crippen LogP contribution in [0.15, 0.2) is 40.9 Å². The Morgan fingerprint density at radius 2 is 1.77 bits per heavy atom. The monoisotopic (exact) mass is 549 g/mol. The number of hydrogen-bond donors (Lipinski definition) is 0. The van der Waals surface area contributed by atoms with Gasteiger partial charge in [-0.15, -0.1) is 4.31 Å². The summed E-state index contributed by atoms with van der Waals surface area (Å²) in [7, 11) is -3.12. The molecule has 0 saturated heterocycles. The lowest BCUT2D eigenvalue weighted by Crippen LogP contribution is -2.58. The molecule has 1 unspecified atom stereocenters. The Kier molecular flexibility index (Phi) is 8.83. The van der Waals surface area contributed by atoms with E-state index in [2.05, 4.69) is 10.1 Å². The maximum Gasteiger partial charge on any atom is 0.308 e. The minimum absolute atomic E-state index is 0.169. The van der Waals surface area contributed by atoms with Crippen molar-refractivity contribution in [2.75, 3.05) is 7.05 Å². The topological polar surface area (TPSA) is 70.8 Å². The Morgan fingerprint density at radius 3 is 2.29 bits per heavy atom. The first-order chi connectivity index (χ1) is 16.4. The highest BCUT2D eigenvalue weighted by molar-refractivity contribution is 7.89. The van der Waals surface area contributed by atoms with Gasteiger partial charge in [-0.1, -0.05) is 36.0 Å². The van der Waals surface area contributed by atoms with Crippen LogP contribution in [0.3, 0.4) is 0 Å². The Labute approximate surface area is 215 Å². The molecule has 0 bridgehead atoms. The fourth-order valence-electron chi connectivity index (χ4n) is 4.46. The number of hydrogen-bond acceptors (Lipinski definition) is 5. The van der Waals surface area contributed by atoms with Gasteiger partial charge in [0.05, 0.1) is 33.7 Å². The van der Waals surface area contributed by atoms with Gasteiger partial charge in [0.15, 0.2) is 0 Å². The molecule has 1 aliphatic rings. The van der Waals surface area contributed by atoms with Crippen LogP contribution < -0.4 is 0 Å². The smallest absolute Gasteiger partial charge is 0.308 e. The predicted molar refractivity (Wildman–Crippen MR) is 135 cm³/mol. The molecule has 0 saturated carbocycles. The number of benzene rings is 1. The van der Waals surface area contributed by atoms with Crippen LogP contribution in [0.5, 0.6) is 0 Å². The molecule has 0 spiro atoms. The van der Waals surface area contributed by atoms with E-state index in [4.69, 9.17) is 23.2 Å². The molecular weight excluding hydrogens is 519 g/mol. The van der Waals surface area contributed by atoms with E-state index >= 15 is 0 Å². The van der Waals surface area contributed by atoms with E-state index in [0.717, 1.165) is 37.8 Å². The summed E-state index contributed by atoms with van der Waals surface area (Å²) in [6.07, 6.45) is 10.0. The fraction of sp³-hybridized carbons (Fsp3) is 0.565. The van der Waals surface area contributed by atoms with Crippen LogP contribution in [0.25, 0.3) is 0 Å². The summed E-state index contributed by atoms with van der Waals surface area (Å²) in [6, 6.07) is 1.82. The first-order valence-corrected chi connectivity index (χ1v) is 13.6. The molecule has 35 heavy (non-hydrogen) atoms. The highest BCUT2D eigenvalue weighted by Gasteiger charge is 2.52. The zero-order valence-corrected chi connectivity index (χ0v) is 22.6.